The number of carbonyl (C=O) groups is 2. The average molecular weight is 439 g/mol. The van der Waals surface area contributed by atoms with E-state index in [1.54, 1.807) is 18.2 Å². The zero-order chi connectivity index (χ0) is 22.0. The number of rotatable bonds is 4. The first-order valence-electron chi connectivity index (χ1n) is 8.98. The van der Waals surface area contributed by atoms with Gasteiger partial charge in [0.2, 0.25) is 0 Å². The number of ketones is 1. The minimum atomic E-state index is -0.744. The second-order valence-electron chi connectivity index (χ2n) is 6.53. The van der Waals surface area contributed by atoms with Crippen molar-refractivity contribution in [1.29, 1.82) is 0 Å². The molecule has 0 radical (unpaired) electrons. The first-order valence-corrected chi connectivity index (χ1v) is 9.36. The third kappa shape index (κ3) is 4.65. The number of halogens is 3. The fourth-order valence-corrected chi connectivity index (χ4v) is 3.05. The number of nitrogens with one attached hydrogen (secondary N) is 2. The molecule has 0 saturated carbocycles. The molecule has 0 aliphatic carbocycles. The molecule has 4 aromatic rings. The summed E-state index contributed by atoms with van der Waals surface area (Å²) in [5.74, 6) is -1.85. The topological polar surface area (TPSA) is 84.0 Å². The van der Waals surface area contributed by atoms with Crippen LogP contribution in [0.1, 0.15) is 15.9 Å². The van der Waals surface area contributed by atoms with Crippen molar-refractivity contribution in [2.24, 2.45) is 0 Å². The molecule has 0 unspecified atom stereocenters. The number of hydrogen-bond donors (Lipinski definition) is 2. The maximum Gasteiger partial charge on any atom is 0.323 e. The molecule has 31 heavy (non-hydrogen) atoms. The predicted octanol–water partition coefficient (Wildman–Crippen LogP) is 5.44. The van der Waals surface area contributed by atoms with Crippen LogP contribution in [0.4, 0.5) is 25.0 Å². The van der Waals surface area contributed by atoms with E-state index in [0.29, 0.717) is 16.6 Å². The van der Waals surface area contributed by atoms with E-state index in [0.717, 1.165) is 18.2 Å². The van der Waals surface area contributed by atoms with Crippen molar-refractivity contribution in [3.63, 3.8) is 0 Å². The summed E-state index contributed by atoms with van der Waals surface area (Å²) in [7, 11) is 0. The number of carbonyl (C=O) groups excluding carboxylic acids is 2. The van der Waals surface area contributed by atoms with Gasteiger partial charge in [0, 0.05) is 34.9 Å². The number of nitrogens with zero attached hydrogens (tertiary/aromatic N) is 2. The van der Waals surface area contributed by atoms with Crippen LogP contribution in [-0.4, -0.2) is 21.8 Å². The Hall–Kier alpha value is -3.91. The Morgan fingerprint density at radius 2 is 1.52 bits per heavy atom. The minimum Gasteiger partial charge on any atom is -0.308 e. The van der Waals surface area contributed by atoms with Crippen LogP contribution in [0, 0.1) is 11.6 Å². The van der Waals surface area contributed by atoms with E-state index in [1.165, 1.54) is 30.6 Å². The highest BCUT2D eigenvalue weighted by atomic mass is 35.5. The molecule has 0 spiro atoms. The molecule has 3 aromatic carbocycles. The fourth-order valence-electron chi connectivity index (χ4n) is 2.93. The molecule has 0 aliphatic heterocycles. The summed E-state index contributed by atoms with van der Waals surface area (Å²) in [6, 6.07) is 11.3. The third-order valence-electron chi connectivity index (χ3n) is 4.33. The van der Waals surface area contributed by atoms with Gasteiger partial charge in [0.05, 0.1) is 16.1 Å². The molecule has 4 rings (SSSR count). The van der Waals surface area contributed by atoms with Gasteiger partial charge in [0.1, 0.15) is 11.6 Å². The molecule has 0 bridgehead atoms. The Balaban J connectivity index is 1.55. The van der Waals surface area contributed by atoms with E-state index in [2.05, 4.69) is 20.6 Å². The fraction of sp³-hybridized carbons (Fsp3) is 0. The number of amides is 2. The lowest BCUT2D eigenvalue weighted by Gasteiger charge is -2.10. The maximum absolute atomic E-state index is 14.1. The Morgan fingerprint density at radius 1 is 0.774 bits per heavy atom. The number of aromatic nitrogens is 2. The monoisotopic (exact) mass is 438 g/mol. The van der Waals surface area contributed by atoms with Gasteiger partial charge in [-0.1, -0.05) is 11.6 Å². The second-order valence-corrected chi connectivity index (χ2v) is 6.93. The number of anilines is 2. The van der Waals surface area contributed by atoms with E-state index >= 15 is 0 Å². The molecule has 6 nitrogen and oxygen atoms in total. The molecule has 9 heteroatoms. The Labute approximate surface area is 179 Å². The zero-order valence-corrected chi connectivity index (χ0v) is 16.5. The molecule has 1 aromatic heterocycles. The van der Waals surface area contributed by atoms with Gasteiger partial charge in [-0.15, -0.1) is 0 Å². The van der Waals surface area contributed by atoms with Crippen molar-refractivity contribution in [2.45, 2.75) is 0 Å². The van der Waals surface area contributed by atoms with Gasteiger partial charge in [-0.2, -0.15) is 0 Å². The summed E-state index contributed by atoms with van der Waals surface area (Å²) in [6.07, 6.45) is 3.05. The van der Waals surface area contributed by atoms with E-state index in [9.17, 15) is 18.4 Å². The van der Waals surface area contributed by atoms with E-state index in [-0.39, 0.29) is 22.0 Å². The van der Waals surface area contributed by atoms with Crippen molar-refractivity contribution in [2.75, 3.05) is 10.6 Å². The molecule has 0 fully saturated rings. The van der Waals surface area contributed by atoms with Crippen molar-refractivity contribution in [3.8, 4) is 0 Å². The number of fused-ring (bicyclic) bond motifs is 1. The summed E-state index contributed by atoms with van der Waals surface area (Å²) in [5.41, 5.74) is 1.69. The van der Waals surface area contributed by atoms with Crippen LogP contribution in [0.5, 0.6) is 0 Å². The first-order chi connectivity index (χ1) is 14.9. The maximum atomic E-state index is 14.1. The van der Waals surface area contributed by atoms with Crippen LogP contribution in [0.2, 0.25) is 5.02 Å². The van der Waals surface area contributed by atoms with Gasteiger partial charge in [-0.3, -0.25) is 14.8 Å². The van der Waals surface area contributed by atoms with Gasteiger partial charge in [0.15, 0.2) is 5.78 Å². The number of hydrogen-bond acceptors (Lipinski definition) is 4. The quantitative estimate of drug-likeness (QED) is 0.416. The van der Waals surface area contributed by atoms with Crippen LogP contribution < -0.4 is 10.6 Å². The van der Waals surface area contributed by atoms with E-state index in [1.807, 2.05) is 0 Å². The molecule has 0 aliphatic rings. The molecule has 154 valence electrons. The SMILES string of the molecule is O=C(Nc1cc(F)cc(C(=O)c2ccc3nccnc3c2)c1)Nc1ccc(Cl)c(F)c1. The molecular formula is C22H13ClF2N4O2. The molecule has 2 N–H and O–H groups in total. The zero-order valence-electron chi connectivity index (χ0n) is 15.7. The molecule has 0 atom stereocenters. The second kappa shape index (κ2) is 8.45. The van der Waals surface area contributed by atoms with Crippen LogP contribution >= 0.6 is 11.6 Å². The largest absolute Gasteiger partial charge is 0.323 e. The predicted molar refractivity (Wildman–Crippen MR) is 113 cm³/mol. The van der Waals surface area contributed by atoms with Gasteiger partial charge >= 0.3 is 6.03 Å². The Kier molecular flexibility index (Phi) is 5.55. The van der Waals surface area contributed by atoms with Crippen molar-refractivity contribution >= 4 is 45.8 Å². The van der Waals surface area contributed by atoms with Gasteiger partial charge < -0.3 is 10.6 Å². The van der Waals surface area contributed by atoms with Crippen LogP contribution in [-0.2, 0) is 0 Å². The molecular weight excluding hydrogens is 426 g/mol. The summed E-state index contributed by atoms with van der Waals surface area (Å²) in [5, 5.41) is 4.74. The smallest absolute Gasteiger partial charge is 0.308 e. The number of benzene rings is 3. The van der Waals surface area contributed by atoms with Crippen molar-refractivity contribution in [1.82, 2.24) is 9.97 Å². The molecule has 2 amide bonds. The van der Waals surface area contributed by atoms with Crippen molar-refractivity contribution < 1.29 is 18.4 Å². The summed E-state index contributed by atoms with van der Waals surface area (Å²) >= 11 is 5.61. The highest BCUT2D eigenvalue weighted by Crippen LogP contribution is 2.21. The lowest BCUT2D eigenvalue weighted by Crippen LogP contribution is -2.20. The molecule has 1 heterocycles. The number of urea groups is 1. The highest BCUT2D eigenvalue weighted by molar-refractivity contribution is 6.30. The van der Waals surface area contributed by atoms with Gasteiger partial charge in [-0.05, 0) is 54.6 Å². The first kappa shape index (κ1) is 20.4. The molecule has 0 saturated heterocycles. The third-order valence-corrected chi connectivity index (χ3v) is 4.63. The van der Waals surface area contributed by atoms with Crippen LogP contribution in [0.25, 0.3) is 11.0 Å². The van der Waals surface area contributed by atoms with Crippen LogP contribution in [0.15, 0.2) is 67.0 Å². The van der Waals surface area contributed by atoms with Gasteiger partial charge in [0.25, 0.3) is 0 Å². The van der Waals surface area contributed by atoms with E-state index < -0.39 is 23.4 Å². The Morgan fingerprint density at radius 3 is 2.29 bits per heavy atom. The normalized spacial score (nSPS) is 10.7. The lowest BCUT2D eigenvalue weighted by atomic mass is 10.0. The van der Waals surface area contributed by atoms with Crippen molar-refractivity contribution in [3.05, 3.63) is 94.8 Å². The summed E-state index contributed by atoms with van der Waals surface area (Å²) in [6.45, 7) is 0. The standard InChI is InChI=1S/C22H13ClF2N4O2/c23-17-3-2-15(11-18(17)25)28-22(31)29-16-8-13(7-14(24)10-16)21(30)12-1-4-19-20(9-12)27-6-5-26-19/h1-11H,(H2,28,29,31). The lowest BCUT2D eigenvalue weighted by molar-refractivity contribution is 0.103. The average Bonchev–Trinajstić information content (AvgIpc) is 2.75. The van der Waals surface area contributed by atoms with Gasteiger partial charge in [-0.25, -0.2) is 13.6 Å². The highest BCUT2D eigenvalue weighted by Gasteiger charge is 2.14. The Bertz CT molecular complexity index is 1330. The summed E-state index contributed by atoms with van der Waals surface area (Å²) in [4.78, 5) is 33.3. The van der Waals surface area contributed by atoms with Crippen LogP contribution in [0.3, 0.4) is 0 Å². The minimum absolute atomic E-state index is 0.0380. The van der Waals surface area contributed by atoms with E-state index in [4.69, 9.17) is 11.6 Å². The summed E-state index contributed by atoms with van der Waals surface area (Å²) < 4.78 is 27.6.